The molecule has 0 aliphatic carbocycles. The zero-order valence-corrected chi connectivity index (χ0v) is 11.5. The molecular formula is C12H19N5O. The fraction of sp³-hybridized carbons (Fsp3) is 0.583. The molecular weight excluding hydrogens is 230 g/mol. The number of aromatic nitrogens is 2. The molecule has 0 atom stereocenters. The number of nitrogens with one attached hydrogen (secondary N) is 2. The summed E-state index contributed by atoms with van der Waals surface area (Å²) in [7, 11) is 1.77. The summed E-state index contributed by atoms with van der Waals surface area (Å²) in [4.78, 5) is 11.5. The van der Waals surface area contributed by atoms with E-state index in [0.717, 1.165) is 5.69 Å². The smallest absolute Gasteiger partial charge is 0.320 e. The second-order valence-corrected chi connectivity index (χ2v) is 5.04. The van der Waals surface area contributed by atoms with Crippen molar-refractivity contribution in [3.05, 3.63) is 11.3 Å². The molecule has 0 radical (unpaired) electrons. The van der Waals surface area contributed by atoms with Crippen LogP contribution in [0.15, 0.2) is 0 Å². The van der Waals surface area contributed by atoms with Gasteiger partial charge >= 0.3 is 6.03 Å². The molecule has 6 heteroatoms. The highest BCUT2D eigenvalue weighted by atomic mass is 16.2. The summed E-state index contributed by atoms with van der Waals surface area (Å²) in [5.74, 6) is 0.302. The van der Waals surface area contributed by atoms with Crippen molar-refractivity contribution in [2.75, 3.05) is 11.9 Å². The summed E-state index contributed by atoms with van der Waals surface area (Å²) in [6.07, 6.45) is 0. The van der Waals surface area contributed by atoms with Crippen molar-refractivity contribution in [1.29, 1.82) is 5.26 Å². The summed E-state index contributed by atoms with van der Waals surface area (Å²) in [5, 5.41) is 18.6. The summed E-state index contributed by atoms with van der Waals surface area (Å²) < 4.78 is 1.64. The summed E-state index contributed by atoms with van der Waals surface area (Å²) >= 11 is 0. The van der Waals surface area contributed by atoms with Gasteiger partial charge < -0.3 is 5.32 Å². The molecule has 0 fully saturated rings. The van der Waals surface area contributed by atoms with Crippen LogP contribution in [-0.2, 0) is 12.5 Å². The number of nitrogens with zero attached hydrogens (tertiary/aromatic N) is 3. The molecule has 0 spiro atoms. The fourth-order valence-electron chi connectivity index (χ4n) is 1.89. The van der Waals surface area contributed by atoms with Crippen LogP contribution in [0.2, 0.25) is 0 Å². The summed E-state index contributed by atoms with van der Waals surface area (Å²) in [5.41, 5.74) is 1.00. The second kappa shape index (κ2) is 5.08. The van der Waals surface area contributed by atoms with Gasteiger partial charge in [-0.3, -0.25) is 10.00 Å². The van der Waals surface area contributed by atoms with E-state index in [1.165, 1.54) is 0 Å². The highest BCUT2D eigenvalue weighted by Crippen LogP contribution is 2.29. The van der Waals surface area contributed by atoms with Gasteiger partial charge in [-0.15, -0.1) is 0 Å². The Balaban J connectivity index is 3.17. The third-order valence-corrected chi connectivity index (χ3v) is 2.44. The number of carbonyl (C=O) groups excluding carboxylic acids is 1. The normalized spacial score (nSPS) is 10.9. The molecule has 18 heavy (non-hydrogen) atoms. The quantitative estimate of drug-likeness (QED) is 0.837. The largest absolute Gasteiger partial charge is 0.338 e. The van der Waals surface area contributed by atoms with Crippen LogP contribution < -0.4 is 10.6 Å². The molecule has 98 valence electrons. The van der Waals surface area contributed by atoms with Crippen LogP contribution in [0.5, 0.6) is 0 Å². The highest BCUT2D eigenvalue weighted by molar-refractivity contribution is 5.89. The minimum absolute atomic E-state index is 0.214. The number of rotatable bonds is 2. The van der Waals surface area contributed by atoms with Gasteiger partial charge in [-0.05, 0) is 6.92 Å². The third kappa shape index (κ3) is 2.80. The molecule has 0 aliphatic rings. The first-order valence-electron chi connectivity index (χ1n) is 5.83. The van der Waals surface area contributed by atoms with E-state index in [1.54, 1.807) is 11.7 Å². The zero-order chi connectivity index (χ0) is 13.9. The van der Waals surface area contributed by atoms with E-state index in [2.05, 4.69) is 21.8 Å². The molecule has 6 nitrogen and oxygen atoms in total. The fourth-order valence-corrected chi connectivity index (χ4v) is 1.89. The van der Waals surface area contributed by atoms with Gasteiger partial charge in [0.25, 0.3) is 0 Å². The number of urea groups is 1. The number of carbonyl (C=O) groups is 1. The maximum atomic E-state index is 11.5. The van der Waals surface area contributed by atoms with E-state index in [1.807, 2.05) is 27.7 Å². The van der Waals surface area contributed by atoms with E-state index in [4.69, 9.17) is 0 Å². The average molecular weight is 249 g/mol. The van der Waals surface area contributed by atoms with E-state index in [9.17, 15) is 10.1 Å². The molecule has 0 aliphatic heterocycles. The first kappa shape index (κ1) is 14.0. The molecule has 1 aromatic heterocycles. The lowest BCUT2D eigenvalue weighted by Crippen LogP contribution is -2.28. The van der Waals surface area contributed by atoms with Crippen LogP contribution in [0.25, 0.3) is 0 Å². The van der Waals surface area contributed by atoms with E-state index >= 15 is 0 Å². The van der Waals surface area contributed by atoms with Crippen LogP contribution in [0, 0.1) is 11.3 Å². The molecule has 2 amide bonds. The number of hydrogen-bond donors (Lipinski definition) is 2. The number of anilines is 1. The van der Waals surface area contributed by atoms with Crippen molar-refractivity contribution in [2.45, 2.75) is 33.1 Å². The van der Waals surface area contributed by atoms with E-state index in [0.29, 0.717) is 17.9 Å². The van der Waals surface area contributed by atoms with Gasteiger partial charge in [-0.1, -0.05) is 20.8 Å². The third-order valence-electron chi connectivity index (χ3n) is 2.44. The van der Waals surface area contributed by atoms with Crippen LogP contribution in [0.1, 0.15) is 39.0 Å². The topological polar surface area (TPSA) is 82.7 Å². The number of amides is 2. The van der Waals surface area contributed by atoms with Crippen molar-refractivity contribution < 1.29 is 4.79 Å². The SMILES string of the molecule is CCNC(=O)Nc1nn(C)c(C(C)(C)C)c1C#N. The Labute approximate surface area is 107 Å². The van der Waals surface area contributed by atoms with Crippen molar-refractivity contribution in [3.8, 4) is 6.07 Å². The lowest BCUT2D eigenvalue weighted by molar-refractivity contribution is 0.252. The zero-order valence-electron chi connectivity index (χ0n) is 11.5. The van der Waals surface area contributed by atoms with E-state index < -0.39 is 0 Å². The van der Waals surface area contributed by atoms with Gasteiger partial charge in [0.2, 0.25) is 0 Å². The minimum atomic E-state index is -0.354. The standard InChI is InChI=1S/C12H19N5O/c1-6-14-11(18)15-10-8(7-13)9(12(2,3)4)17(5)16-10/h6H2,1-5H3,(H2,14,15,16,18). The maximum absolute atomic E-state index is 11.5. The van der Waals surface area contributed by atoms with Gasteiger partial charge in [0, 0.05) is 19.0 Å². The van der Waals surface area contributed by atoms with Crippen LogP contribution in [-0.4, -0.2) is 22.4 Å². The van der Waals surface area contributed by atoms with Gasteiger partial charge in [-0.2, -0.15) is 10.4 Å². The second-order valence-electron chi connectivity index (χ2n) is 5.04. The minimum Gasteiger partial charge on any atom is -0.338 e. The van der Waals surface area contributed by atoms with Crippen molar-refractivity contribution in [2.24, 2.45) is 7.05 Å². The predicted octanol–water partition coefficient (Wildman–Crippen LogP) is 1.73. The molecule has 0 saturated heterocycles. The molecule has 1 rings (SSSR count). The number of aryl methyl sites for hydroxylation is 1. The first-order valence-corrected chi connectivity index (χ1v) is 5.83. The lowest BCUT2D eigenvalue weighted by Gasteiger charge is -2.18. The van der Waals surface area contributed by atoms with Crippen LogP contribution in [0.4, 0.5) is 10.6 Å². The number of hydrogen-bond acceptors (Lipinski definition) is 3. The van der Waals surface area contributed by atoms with Crippen LogP contribution in [0.3, 0.4) is 0 Å². The van der Waals surface area contributed by atoms with Crippen molar-refractivity contribution in [3.63, 3.8) is 0 Å². The summed E-state index contributed by atoms with van der Waals surface area (Å²) in [6, 6.07) is 1.76. The Kier molecular flexibility index (Phi) is 3.96. The average Bonchev–Trinajstić information content (AvgIpc) is 2.53. The maximum Gasteiger partial charge on any atom is 0.320 e. The van der Waals surface area contributed by atoms with Gasteiger partial charge in [0.05, 0.1) is 5.69 Å². The molecule has 1 aromatic rings. The molecule has 0 saturated carbocycles. The predicted molar refractivity (Wildman–Crippen MR) is 69.3 cm³/mol. The molecule has 2 N–H and O–H groups in total. The Hall–Kier alpha value is -2.03. The Morgan fingerprint density at radius 1 is 1.50 bits per heavy atom. The molecule has 0 unspecified atom stereocenters. The van der Waals surface area contributed by atoms with Crippen LogP contribution >= 0.6 is 0 Å². The van der Waals surface area contributed by atoms with Gasteiger partial charge in [0.1, 0.15) is 11.6 Å². The van der Waals surface area contributed by atoms with E-state index in [-0.39, 0.29) is 11.4 Å². The summed E-state index contributed by atoms with van der Waals surface area (Å²) in [6.45, 7) is 8.35. The van der Waals surface area contributed by atoms with Gasteiger partial charge in [0.15, 0.2) is 5.82 Å². The Morgan fingerprint density at radius 3 is 2.56 bits per heavy atom. The first-order chi connectivity index (χ1) is 8.31. The highest BCUT2D eigenvalue weighted by Gasteiger charge is 2.26. The molecule has 0 aromatic carbocycles. The molecule has 0 bridgehead atoms. The lowest BCUT2D eigenvalue weighted by atomic mass is 9.89. The van der Waals surface area contributed by atoms with Crippen molar-refractivity contribution >= 4 is 11.8 Å². The molecule has 1 heterocycles. The Bertz CT molecular complexity index is 490. The van der Waals surface area contributed by atoms with Crippen molar-refractivity contribution in [1.82, 2.24) is 15.1 Å². The number of nitriles is 1. The Morgan fingerprint density at radius 2 is 2.11 bits per heavy atom. The monoisotopic (exact) mass is 249 g/mol. The van der Waals surface area contributed by atoms with Gasteiger partial charge in [-0.25, -0.2) is 4.79 Å².